The Labute approximate surface area is 116 Å². The number of fused-ring (bicyclic) bond motifs is 1. The van der Waals surface area contributed by atoms with E-state index in [-0.39, 0.29) is 0 Å². The molecule has 0 atom stereocenters. The molecule has 20 heavy (non-hydrogen) atoms. The minimum atomic E-state index is 0.449. The number of anilines is 1. The largest absolute Gasteiger partial charge is 0.494 e. The van der Waals surface area contributed by atoms with Crippen LogP contribution in [0.25, 0.3) is 16.7 Å². The molecule has 6 nitrogen and oxygen atoms in total. The van der Waals surface area contributed by atoms with Gasteiger partial charge in [-0.15, -0.1) is 0 Å². The molecule has 0 spiro atoms. The molecular weight excluding hydrogens is 254 g/mol. The van der Waals surface area contributed by atoms with Crippen LogP contribution in [-0.4, -0.2) is 26.4 Å². The summed E-state index contributed by atoms with van der Waals surface area (Å²) in [6.07, 6.45) is 1.68. The molecule has 0 saturated heterocycles. The van der Waals surface area contributed by atoms with Crippen molar-refractivity contribution in [3.63, 3.8) is 0 Å². The molecule has 3 rings (SSSR count). The lowest BCUT2D eigenvalue weighted by molar-refractivity contribution is 0.340. The first kappa shape index (κ1) is 12.4. The Hall–Kier alpha value is -2.63. The summed E-state index contributed by atoms with van der Waals surface area (Å²) >= 11 is 0. The molecule has 0 bridgehead atoms. The molecule has 0 aliphatic heterocycles. The summed E-state index contributed by atoms with van der Waals surface area (Å²) < 4.78 is 7.17. The maximum Gasteiger partial charge on any atom is 0.168 e. The SMILES string of the molecule is CCOc1ccc(-n2ncc3c(N)nc(C)nc32)cc1. The summed E-state index contributed by atoms with van der Waals surface area (Å²) in [6, 6.07) is 7.68. The van der Waals surface area contributed by atoms with Gasteiger partial charge >= 0.3 is 0 Å². The van der Waals surface area contributed by atoms with Crippen molar-refractivity contribution >= 4 is 16.9 Å². The fourth-order valence-electron chi connectivity index (χ4n) is 2.08. The summed E-state index contributed by atoms with van der Waals surface area (Å²) in [6.45, 7) is 4.41. The van der Waals surface area contributed by atoms with Crippen LogP contribution in [0.1, 0.15) is 12.7 Å². The number of nitrogens with zero attached hydrogens (tertiary/aromatic N) is 4. The van der Waals surface area contributed by atoms with Gasteiger partial charge in [-0.2, -0.15) is 5.10 Å². The van der Waals surface area contributed by atoms with Crippen molar-refractivity contribution in [2.45, 2.75) is 13.8 Å². The molecule has 0 amide bonds. The lowest BCUT2D eigenvalue weighted by atomic mass is 10.3. The fourth-order valence-corrected chi connectivity index (χ4v) is 2.08. The molecule has 102 valence electrons. The minimum absolute atomic E-state index is 0.449. The summed E-state index contributed by atoms with van der Waals surface area (Å²) in [7, 11) is 0. The Bertz CT molecular complexity index is 748. The van der Waals surface area contributed by atoms with E-state index >= 15 is 0 Å². The van der Waals surface area contributed by atoms with Gasteiger partial charge in [0.05, 0.1) is 23.9 Å². The zero-order valence-electron chi connectivity index (χ0n) is 11.4. The summed E-state index contributed by atoms with van der Waals surface area (Å²) in [5, 5.41) is 5.09. The van der Waals surface area contributed by atoms with E-state index in [9.17, 15) is 0 Å². The second kappa shape index (κ2) is 4.80. The lowest BCUT2D eigenvalue weighted by Crippen LogP contribution is -2.01. The average molecular weight is 269 g/mol. The van der Waals surface area contributed by atoms with E-state index in [2.05, 4.69) is 15.1 Å². The van der Waals surface area contributed by atoms with Crippen LogP contribution in [0.15, 0.2) is 30.5 Å². The lowest BCUT2D eigenvalue weighted by Gasteiger charge is -2.06. The molecule has 0 radical (unpaired) electrons. The number of hydrogen-bond acceptors (Lipinski definition) is 5. The van der Waals surface area contributed by atoms with Crippen molar-refractivity contribution in [2.24, 2.45) is 0 Å². The van der Waals surface area contributed by atoms with Gasteiger partial charge in [0.15, 0.2) is 5.65 Å². The first-order valence-electron chi connectivity index (χ1n) is 6.40. The first-order chi connectivity index (χ1) is 9.69. The van der Waals surface area contributed by atoms with Crippen LogP contribution in [0.2, 0.25) is 0 Å². The Morgan fingerprint density at radius 1 is 1.20 bits per heavy atom. The van der Waals surface area contributed by atoms with E-state index in [1.165, 1.54) is 0 Å². The highest BCUT2D eigenvalue weighted by Crippen LogP contribution is 2.22. The van der Waals surface area contributed by atoms with Crippen LogP contribution in [0.4, 0.5) is 5.82 Å². The van der Waals surface area contributed by atoms with E-state index < -0.39 is 0 Å². The number of aryl methyl sites for hydroxylation is 1. The second-order valence-electron chi connectivity index (χ2n) is 4.38. The molecule has 2 N–H and O–H groups in total. The number of ether oxygens (including phenoxy) is 1. The van der Waals surface area contributed by atoms with Gasteiger partial charge < -0.3 is 10.5 Å². The van der Waals surface area contributed by atoms with Crippen LogP contribution in [-0.2, 0) is 0 Å². The third-order valence-electron chi connectivity index (χ3n) is 2.96. The minimum Gasteiger partial charge on any atom is -0.494 e. The smallest absolute Gasteiger partial charge is 0.168 e. The highest BCUT2D eigenvalue weighted by atomic mass is 16.5. The Balaban J connectivity index is 2.10. The van der Waals surface area contributed by atoms with Crippen LogP contribution in [0, 0.1) is 6.92 Å². The van der Waals surface area contributed by atoms with Gasteiger partial charge in [-0.3, -0.25) is 0 Å². The summed E-state index contributed by atoms with van der Waals surface area (Å²) in [5.74, 6) is 1.91. The summed E-state index contributed by atoms with van der Waals surface area (Å²) in [4.78, 5) is 8.55. The van der Waals surface area contributed by atoms with Gasteiger partial charge in [0.1, 0.15) is 17.4 Å². The van der Waals surface area contributed by atoms with Gasteiger partial charge in [-0.1, -0.05) is 0 Å². The van der Waals surface area contributed by atoms with Crippen LogP contribution >= 0.6 is 0 Å². The Morgan fingerprint density at radius 2 is 1.95 bits per heavy atom. The van der Waals surface area contributed by atoms with E-state index in [4.69, 9.17) is 10.5 Å². The molecule has 0 unspecified atom stereocenters. The molecule has 0 aliphatic carbocycles. The molecule has 2 aromatic heterocycles. The number of aromatic nitrogens is 4. The zero-order chi connectivity index (χ0) is 14.1. The molecule has 0 fully saturated rings. The zero-order valence-corrected chi connectivity index (χ0v) is 11.4. The standard InChI is InChI=1S/C14H15N5O/c1-3-20-11-6-4-10(5-7-11)19-14-12(8-16-19)13(15)17-9(2)18-14/h4-8H,3H2,1-2H3,(H2,15,17,18). The molecule has 2 heterocycles. The quantitative estimate of drug-likeness (QED) is 0.787. The number of rotatable bonds is 3. The predicted octanol–water partition coefficient (Wildman–Crippen LogP) is 2.10. The van der Waals surface area contributed by atoms with E-state index in [1.807, 2.05) is 38.1 Å². The van der Waals surface area contributed by atoms with E-state index in [0.717, 1.165) is 16.8 Å². The van der Waals surface area contributed by atoms with Crippen molar-refractivity contribution in [1.29, 1.82) is 0 Å². The van der Waals surface area contributed by atoms with Crippen LogP contribution in [0.5, 0.6) is 5.75 Å². The number of benzene rings is 1. The van der Waals surface area contributed by atoms with E-state index in [0.29, 0.717) is 23.9 Å². The highest BCUT2D eigenvalue weighted by Gasteiger charge is 2.10. The monoisotopic (exact) mass is 269 g/mol. The number of nitrogens with two attached hydrogens (primary N) is 1. The van der Waals surface area contributed by atoms with Crippen molar-refractivity contribution in [3.8, 4) is 11.4 Å². The van der Waals surface area contributed by atoms with Gasteiger partial charge in [-0.25, -0.2) is 14.6 Å². The average Bonchev–Trinajstić information content (AvgIpc) is 2.84. The Kier molecular flexibility index (Phi) is 2.98. The highest BCUT2D eigenvalue weighted by molar-refractivity contribution is 5.86. The number of nitrogen functional groups attached to an aromatic ring is 1. The third-order valence-corrected chi connectivity index (χ3v) is 2.96. The second-order valence-corrected chi connectivity index (χ2v) is 4.38. The molecule has 0 saturated carbocycles. The Morgan fingerprint density at radius 3 is 2.65 bits per heavy atom. The maximum atomic E-state index is 5.89. The number of hydrogen-bond donors (Lipinski definition) is 1. The van der Waals surface area contributed by atoms with Crippen LogP contribution in [0.3, 0.4) is 0 Å². The van der Waals surface area contributed by atoms with Crippen molar-refractivity contribution in [3.05, 3.63) is 36.3 Å². The molecular formula is C14H15N5O. The first-order valence-corrected chi connectivity index (χ1v) is 6.40. The molecule has 6 heteroatoms. The van der Waals surface area contributed by atoms with Crippen molar-refractivity contribution in [1.82, 2.24) is 19.7 Å². The van der Waals surface area contributed by atoms with Gasteiger partial charge in [-0.05, 0) is 38.1 Å². The van der Waals surface area contributed by atoms with Gasteiger partial charge in [0.25, 0.3) is 0 Å². The predicted molar refractivity (Wildman–Crippen MR) is 77.0 cm³/mol. The topological polar surface area (TPSA) is 78.9 Å². The third kappa shape index (κ3) is 2.05. The molecule has 0 aliphatic rings. The van der Waals surface area contributed by atoms with Crippen LogP contribution < -0.4 is 10.5 Å². The van der Waals surface area contributed by atoms with Crippen molar-refractivity contribution in [2.75, 3.05) is 12.3 Å². The summed E-state index contributed by atoms with van der Waals surface area (Å²) in [5.41, 5.74) is 7.50. The molecule has 1 aromatic carbocycles. The fraction of sp³-hybridized carbons (Fsp3) is 0.214. The molecule has 3 aromatic rings. The normalized spacial score (nSPS) is 10.9. The maximum absolute atomic E-state index is 5.89. The van der Waals surface area contributed by atoms with Crippen molar-refractivity contribution < 1.29 is 4.74 Å². The van der Waals surface area contributed by atoms with Gasteiger partial charge in [0, 0.05) is 0 Å². The van der Waals surface area contributed by atoms with Gasteiger partial charge in [0.2, 0.25) is 0 Å². The van der Waals surface area contributed by atoms with E-state index in [1.54, 1.807) is 10.9 Å².